The van der Waals surface area contributed by atoms with Crippen molar-refractivity contribution >= 4 is 22.7 Å². The fourth-order valence-electron chi connectivity index (χ4n) is 1.16. The van der Waals surface area contributed by atoms with Crippen molar-refractivity contribution in [2.45, 2.75) is 4.90 Å². The number of aromatic amines is 1. The largest absolute Gasteiger partial charge is 0.360 e. The molecular formula is C9H8NS. The standard InChI is InChI=1S/C9H8NS/c1-11-8-4-2-3-7-5-6-10-9(7)8/h2-4,6,10H,1H3. The Morgan fingerprint density at radius 1 is 1.45 bits per heavy atom. The minimum Gasteiger partial charge on any atom is -0.360 e. The molecule has 1 aromatic heterocycles. The highest BCUT2D eigenvalue weighted by Crippen LogP contribution is 2.23. The summed E-state index contributed by atoms with van der Waals surface area (Å²) in [5, 5.41) is 1.16. The van der Waals surface area contributed by atoms with Gasteiger partial charge >= 0.3 is 0 Å². The summed E-state index contributed by atoms with van der Waals surface area (Å²) in [5.41, 5.74) is 1.19. The van der Waals surface area contributed by atoms with Crippen molar-refractivity contribution in [2.24, 2.45) is 0 Å². The lowest BCUT2D eigenvalue weighted by Gasteiger charge is -1.96. The summed E-state index contributed by atoms with van der Waals surface area (Å²) < 4.78 is 0. The van der Waals surface area contributed by atoms with Gasteiger partial charge in [0, 0.05) is 22.5 Å². The van der Waals surface area contributed by atoms with Crippen LogP contribution in [-0.2, 0) is 0 Å². The van der Waals surface area contributed by atoms with Crippen LogP contribution in [0.25, 0.3) is 10.9 Å². The number of hydrogen-bond donors (Lipinski definition) is 1. The molecule has 55 valence electrons. The van der Waals surface area contributed by atoms with E-state index in [1.54, 1.807) is 11.8 Å². The molecule has 0 spiro atoms. The molecule has 0 saturated heterocycles. The monoisotopic (exact) mass is 162 g/mol. The van der Waals surface area contributed by atoms with Crippen LogP contribution in [0.2, 0.25) is 0 Å². The lowest BCUT2D eigenvalue weighted by molar-refractivity contribution is 1.41. The summed E-state index contributed by atoms with van der Waals surface area (Å²) in [7, 11) is 0. The second-order valence-electron chi connectivity index (χ2n) is 2.32. The van der Waals surface area contributed by atoms with E-state index in [4.69, 9.17) is 0 Å². The van der Waals surface area contributed by atoms with Gasteiger partial charge in [-0.3, -0.25) is 0 Å². The predicted molar refractivity (Wildman–Crippen MR) is 48.9 cm³/mol. The summed E-state index contributed by atoms with van der Waals surface area (Å²) in [6, 6.07) is 9.35. The van der Waals surface area contributed by atoms with Crippen LogP contribution in [0.4, 0.5) is 0 Å². The lowest BCUT2D eigenvalue weighted by atomic mass is 10.2. The zero-order valence-corrected chi connectivity index (χ0v) is 7.03. The minimum atomic E-state index is 1.16. The highest BCUT2D eigenvalue weighted by molar-refractivity contribution is 7.98. The van der Waals surface area contributed by atoms with Crippen molar-refractivity contribution in [1.82, 2.24) is 4.98 Å². The Labute approximate surface area is 69.8 Å². The van der Waals surface area contributed by atoms with E-state index < -0.39 is 0 Å². The number of thioether (sulfide) groups is 1. The van der Waals surface area contributed by atoms with Gasteiger partial charge in [-0.1, -0.05) is 12.1 Å². The molecule has 2 heteroatoms. The number of hydrogen-bond acceptors (Lipinski definition) is 1. The van der Waals surface area contributed by atoms with E-state index in [-0.39, 0.29) is 0 Å². The van der Waals surface area contributed by atoms with Crippen molar-refractivity contribution < 1.29 is 0 Å². The summed E-state index contributed by atoms with van der Waals surface area (Å²) >= 11 is 1.75. The van der Waals surface area contributed by atoms with E-state index in [0.717, 1.165) is 5.39 Å². The van der Waals surface area contributed by atoms with E-state index in [1.165, 1.54) is 10.4 Å². The molecule has 2 aromatic rings. The Bertz CT molecular complexity index is 364. The number of benzene rings is 1. The molecule has 0 unspecified atom stereocenters. The van der Waals surface area contributed by atoms with Crippen LogP contribution >= 0.6 is 11.8 Å². The molecule has 0 aliphatic heterocycles. The summed E-state index contributed by atoms with van der Waals surface area (Å²) in [6.07, 6.45) is 3.93. The van der Waals surface area contributed by atoms with Gasteiger partial charge in [0.2, 0.25) is 0 Å². The van der Waals surface area contributed by atoms with Gasteiger partial charge in [0.1, 0.15) is 0 Å². The van der Waals surface area contributed by atoms with Crippen LogP contribution in [0.1, 0.15) is 0 Å². The SMILES string of the molecule is CSc1cccc2[c]c[nH]c12. The van der Waals surface area contributed by atoms with Crippen LogP contribution in [0, 0.1) is 6.07 Å². The van der Waals surface area contributed by atoms with Gasteiger partial charge in [-0.25, -0.2) is 0 Å². The first-order chi connectivity index (χ1) is 5.42. The summed E-state index contributed by atoms with van der Waals surface area (Å²) in [4.78, 5) is 4.44. The van der Waals surface area contributed by atoms with Crippen LogP contribution in [0.5, 0.6) is 0 Å². The molecule has 2 rings (SSSR count). The summed E-state index contributed by atoms with van der Waals surface area (Å²) in [5.74, 6) is 0. The van der Waals surface area contributed by atoms with Crippen molar-refractivity contribution in [2.75, 3.05) is 6.26 Å². The summed E-state index contributed by atoms with van der Waals surface area (Å²) in [6.45, 7) is 0. The number of H-pyrrole nitrogens is 1. The van der Waals surface area contributed by atoms with Gasteiger partial charge in [-0.2, -0.15) is 0 Å². The highest BCUT2D eigenvalue weighted by Gasteiger charge is 1.98. The molecule has 0 amide bonds. The molecule has 11 heavy (non-hydrogen) atoms. The molecule has 1 aromatic carbocycles. The fourth-order valence-corrected chi connectivity index (χ4v) is 1.74. The third kappa shape index (κ3) is 1.03. The second-order valence-corrected chi connectivity index (χ2v) is 3.16. The van der Waals surface area contributed by atoms with E-state index in [0.29, 0.717) is 0 Å². The smallest absolute Gasteiger partial charge is 0.0598 e. The Kier molecular flexibility index (Phi) is 1.62. The molecular weight excluding hydrogens is 154 g/mol. The van der Waals surface area contributed by atoms with Gasteiger partial charge < -0.3 is 4.98 Å². The molecule has 0 aliphatic carbocycles. The number of fused-ring (bicyclic) bond motifs is 1. The van der Waals surface area contributed by atoms with Crippen molar-refractivity contribution in [3.8, 4) is 0 Å². The molecule has 0 bridgehead atoms. The number of aromatic nitrogens is 1. The molecule has 1 N–H and O–H groups in total. The Balaban J connectivity index is 2.79. The average molecular weight is 162 g/mol. The maximum atomic E-state index is 3.16. The van der Waals surface area contributed by atoms with Crippen molar-refractivity contribution in [3.05, 3.63) is 30.5 Å². The van der Waals surface area contributed by atoms with Crippen molar-refractivity contribution in [1.29, 1.82) is 0 Å². The van der Waals surface area contributed by atoms with Gasteiger partial charge in [0.15, 0.2) is 0 Å². The number of nitrogens with one attached hydrogen (secondary N) is 1. The first-order valence-electron chi connectivity index (χ1n) is 3.43. The zero-order chi connectivity index (χ0) is 7.68. The topological polar surface area (TPSA) is 15.8 Å². The molecule has 1 heterocycles. The van der Waals surface area contributed by atoms with Crippen LogP contribution in [0.3, 0.4) is 0 Å². The zero-order valence-electron chi connectivity index (χ0n) is 6.22. The first-order valence-corrected chi connectivity index (χ1v) is 4.66. The molecule has 1 radical (unpaired) electrons. The third-order valence-electron chi connectivity index (χ3n) is 1.69. The molecule has 0 aliphatic rings. The maximum Gasteiger partial charge on any atom is 0.0598 e. The van der Waals surface area contributed by atoms with E-state index >= 15 is 0 Å². The lowest BCUT2D eigenvalue weighted by Crippen LogP contribution is -1.72. The van der Waals surface area contributed by atoms with Crippen LogP contribution < -0.4 is 0 Å². The second kappa shape index (κ2) is 2.62. The van der Waals surface area contributed by atoms with Crippen LogP contribution in [0.15, 0.2) is 29.3 Å². The van der Waals surface area contributed by atoms with E-state index in [2.05, 4.69) is 35.5 Å². The number of rotatable bonds is 1. The van der Waals surface area contributed by atoms with E-state index in [9.17, 15) is 0 Å². The van der Waals surface area contributed by atoms with Gasteiger partial charge in [0.05, 0.1) is 5.52 Å². The van der Waals surface area contributed by atoms with E-state index in [1.807, 2.05) is 6.20 Å². The van der Waals surface area contributed by atoms with Crippen LogP contribution in [-0.4, -0.2) is 11.2 Å². The average Bonchev–Trinajstić information content (AvgIpc) is 2.50. The van der Waals surface area contributed by atoms with Gasteiger partial charge in [-0.15, -0.1) is 11.8 Å². The molecule has 0 atom stereocenters. The van der Waals surface area contributed by atoms with Gasteiger partial charge in [0.25, 0.3) is 0 Å². The third-order valence-corrected chi connectivity index (χ3v) is 2.47. The Morgan fingerprint density at radius 2 is 2.36 bits per heavy atom. The quantitative estimate of drug-likeness (QED) is 0.637. The first kappa shape index (κ1) is 6.80. The maximum absolute atomic E-state index is 3.16. The molecule has 0 saturated carbocycles. The highest BCUT2D eigenvalue weighted by atomic mass is 32.2. The fraction of sp³-hybridized carbons (Fsp3) is 0.111. The normalized spacial score (nSPS) is 10.6. The minimum absolute atomic E-state index is 1.16. The molecule has 1 nitrogen and oxygen atoms in total. The van der Waals surface area contributed by atoms with Gasteiger partial charge in [-0.05, 0) is 12.3 Å². The predicted octanol–water partition coefficient (Wildman–Crippen LogP) is 2.69. The molecule has 0 fully saturated rings. The Morgan fingerprint density at radius 3 is 3.18 bits per heavy atom. The number of para-hydroxylation sites is 1. The Hall–Kier alpha value is -0.890. The van der Waals surface area contributed by atoms with Crippen molar-refractivity contribution in [3.63, 3.8) is 0 Å².